The van der Waals surface area contributed by atoms with Crippen LogP contribution in [0, 0.1) is 17.3 Å². The minimum atomic E-state index is -0.924. The highest BCUT2D eigenvalue weighted by Gasteiger charge is 2.50. The van der Waals surface area contributed by atoms with Crippen molar-refractivity contribution >= 4 is 17.7 Å². The summed E-state index contributed by atoms with van der Waals surface area (Å²) in [4.78, 5) is 28.4. The summed E-state index contributed by atoms with van der Waals surface area (Å²) in [6.07, 6.45) is 5.33. The van der Waals surface area contributed by atoms with Crippen molar-refractivity contribution in [1.29, 1.82) is 0 Å². The van der Waals surface area contributed by atoms with E-state index in [0.717, 1.165) is 5.57 Å². The zero-order valence-electron chi connectivity index (χ0n) is 13.1. The second kappa shape index (κ2) is 4.83. The van der Waals surface area contributed by atoms with Crippen molar-refractivity contribution in [3.05, 3.63) is 23.8 Å². The third-order valence-electron chi connectivity index (χ3n) is 4.66. The smallest absolute Gasteiger partial charge is 0.311 e. The molecule has 0 aromatic rings. The Morgan fingerprint density at radius 3 is 2.52 bits per heavy atom. The predicted octanol–water partition coefficient (Wildman–Crippen LogP) is 2.15. The Kier molecular flexibility index (Phi) is 3.56. The molecular weight excluding hydrogens is 268 g/mol. The van der Waals surface area contributed by atoms with E-state index in [1.165, 1.54) is 0 Å². The van der Waals surface area contributed by atoms with Crippen LogP contribution >= 0.6 is 0 Å². The van der Waals surface area contributed by atoms with Crippen molar-refractivity contribution in [2.45, 2.75) is 40.2 Å². The molecule has 0 aromatic carbocycles. The van der Waals surface area contributed by atoms with Crippen LogP contribution in [0.3, 0.4) is 0 Å². The van der Waals surface area contributed by atoms with Crippen molar-refractivity contribution in [2.24, 2.45) is 22.2 Å². The van der Waals surface area contributed by atoms with Crippen molar-refractivity contribution < 1.29 is 14.7 Å². The highest BCUT2D eigenvalue weighted by atomic mass is 16.4. The Bertz CT molecular complexity index is 588. The van der Waals surface area contributed by atoms with Gasteiger partial charge in [0.1, 0.15) is 11.4 Å². The van der Waals surface area contributed by atoms with Gasteiger partial charge >= 0.3 is 5.97 Å². The van der Waals surface area contributed by atoms with Crippen LogP contribution in [-0.4, -0.2) is 28.4 Å². The van der Waals surface area contributed by atoms with E-state index in [4.69, 9.17) is 0 Å². The zero-order chi connectivity index (χ0) is 16.0. The molecule has 1 aliphatic carbocycles. The quantitative estimate of drug-likeness (QED) is 0.836. The first-order valence-electron chi connectivity index (χ1n) is 7.13. The van der Waals surface area contributed by atoms with Gasteiger partial charge in [-0.3, -0.25) is 14.6 Å². The molecule has 0 aromatic heterocycles. The van der Waals surface area contributed by atoms with Crippen molar-refractivity contribution in [2.75, 3.05) is 0 Å². The summed E-state index contributed by atoms with van der Waals surface area (Å²) in [5, 5.41) is 12.3. The van der Waals surface area contributed by atoms with Crippen LogP contribution in [0.1, 0.15) is 34.6 Å². The number of carbonyl (C=O) groups excluding carboxylic acids is 1. The summed E-state index contributed by atoms with van der Waals surface area (Å²) in [7, 11) is 0. The standard InChI is InChI=1S/C16H22N2O3/c1-9(2)16(5)14(21)17-13(18-16)15(4)8-10(3)6-7-11(15)12(19)20/h6-9,11H,1-5H3,(H,19,20)(H,17,18,21). The van der Waals surface area contributed by atoms with Gasteiger partial charge < -0.3 is 10.4 Å². The summed E-state index contributed by atoms with van der Waals surface area (Å²) >= 11 is 0. The van der Waals surface area contributed by atoms with Gasteiger partial charge in [0.25, 0.3) is 5.91 Å². The van der Waals surface area contributed by atoms with Crippen LogP contribution < -0.4 is 5.32 Å². The van der Waals surface area contributed by atoms with Gasteiger partial charge in [0.2, 0.25) is 0 Å². The van der Waals surface area contributed by atoms with Gasteiger partial charge in [-0.25, -0.2) is 0 Å². The lowest BCUT2D eigenvalue weighted by Crippen LogP contribution is -2.46. The summed E-state index contributed by atoms with van der Waals surface area (Å²) in [6, 6.07) is 0. The lowest BCUT2D eigenvalue weighted by atomic mass is 9.72. The molecule has 3 unspecified atom stereocenters. The lowest BCUT2D eigenvalue weighted by molar-refractivity contribution is -0.142. The molecule has 0 fully saturated rings. The molecule has 1 heterocycles. The average Bonchev–Trinajstić information content (AvgIpc) is 2.67. The fraction of sp³-hybridized carbons (Fsp3) is 0.562. The van der Waals surface area contributed by atoms with E-state index in [1.54, 1.807) is 19.1 Å². The molecule has 0 saturated heterocycles. The number of allylic oxidation sites excluding steroid dienone is 2. The fourth-order valence-corrected chi connectivity index (χ4v) is 2.80. The van der Waals surface area contributed by atoms with E-state index in [0.29, 0.717) is 5.84 Å². The van der Waals surface area contributed by atoms with Gasteiger partial charge in [0, 0.05) is 0 Å². The first kappa shape index (κ1) is 15.5. The second-order valence-corrected chi connectivity index (χ2v) is 6.56. The van der Waals surface area contributed by atoms with Gasteiger partial charge in [-0.05, 0) is 26.7 Å². The Hall–Kier alpha value is -1.91. The molecule has 0 bridgehead atoms. The summed E-state index contributed by atoms with van der Waals surface area (Å²) in [5.74, 6) is -1.35. The summed E-state index contributed by atoms with van der Waals surface area (Å²) in [5.41, 5.74) is -0.720. The maximum Gasteiger partial charge on any atom is 0.311 e. The molecule has 0 spiro atoms. The number of rotatable bonds is 3. The number of amidine groups is 1. The molecule has 114 valence electrons. The lowest BCUT2D eigenvalue weighted by Gasteiger charge is -2.33. The molecule has 0 radical (unpaired) electrons. The monoisotopic (exact) mass is 290 g/mol. The van der Waals surface area contributed by atoms with Crippen LogP contribution in [0.2, 0.25) is 0 Å². The number of aliphatic imine (C=N–C) groups is 1. The first-order chi connectivity index (χ1) is 9.61. The molecule has 5 nitrogen and oxygen atoms in total. The number of hydrogen-bond acceptors (Lipinski definition) is 3. The Balaban J connectivity index is 2.51. The van der Waals surface area contributed by atoms with E-state index < -0.39 is 22.8 Å². The maximum atomic E-state index is 12.3. The molecule has 2 aliphatic rings. The zero-order valence-corrected chi connectivity index (χ0v) is 13.1. The van der Waals surface area contributed by atoms with E-state index in [-0.39, 0.29) is 11.8 Å². The maximum absolute atomic E-state index is 12.3. The normalized spacial score (nSPS) is 35.5. The fourth-order valence-electron chi connectivity index (χ4n) is 2.80. The predicted molar refractivity (Wildman–Crippen MR) is 81.0 cm³/mol. The molecule has 2 N–H and O–H groups in total. The number of nitrogens with zero attached hydrogens (tertiary/aromatic N) is 1. The van der Waals surface area contributed by atoms with Gasteiger partial charge in [-0.1, -0.05) is 37.6 Å². The first-order valence-corrected chi connectivity index (χ1v) is 7.13. The Morgan fingerprint density at radius 2 is 2.05 bits per heavy atom. The second-order valence-electron chi connectivity index (χ2n) is 6.56. The highest BCUT2D eigenvalue weighted by molar-refractivity contribution is 6.12. The van der Waals surface area contributed by atoms with Crippen LogP contribution in [-0.2, 0) is 9.59 Å². The van der Waals surface area contributed by atoms with Crippen LogP contribution in [0.5, 0.6) is 0 Å². The number of amides is 1. The number of carboxylic acid groups (broad SMARTS) is 1. The molecule has 3 atom stereocenters. The molecule has 1 aliphatic heterocycles. The van der Waals surface area contributed by atoms with E-state index in [2.05, 4.69) is 10.3 Å². The number of carbonyl (C=O) groups is 2. The van der Waals surface area contributed by atoms with E-state index in [1.807, 2.05) is 33.8 Å². The van der Waals surface area contributed by atoms with Gasteiger partial charge in [-0.2, -0.15) is 0 Å². The molecule has 5 heteroatoms. The third-order valence-corrected chi connectivity index (χ3v) is 4.66. The van der Waals surface area contributed by atoms with E-state index in [9.17, 15) is 14.7 Å². The summed E-state index contributed by atoms with van der Waals surface area (Å²) < 4.78 is 0. The largest absolute Gasteiger partial charge is 0.481 e. The molecule has 0 saturated carbocycles. The topological polar surface area (TPSA) is 78.8 Å². The van der Waals surface area contributed by atoms with Gasteiger partial charge in [0.05, 0.1) is 11.3 Å². The van der Waals surface area contributed by atoms with Gasteiger partial charge in [0.15, 0.2) is 0 Å². The Morgan fingerprint density at radius 1 is 1.43 bits per heavy atom. The van der Waals surface area contributed by atoms with Crippen molar-refractivity contribution in [3.63, 3.8) is 0 Å². The highest BCUT2D eigenvalue weighted by Crippen LogP contribution is 2.40. The SMILES string of the molecule is CC1=CC(C)(C2=NC(C)(C(C)C)C(=O)N2)C(C(=O)O)C=C1. The number of hydrogen-bond donors (Lipinski definition) is 2. The van der Waals surface area contributed by atoms with Crippen molar-refractivity contribution in [1.82, 2.24) is 5.32 Å². The van der Waals surface area contributed by atoms with Crippen LogP contribution in [0.25, 0.3) is 0 Å². The number of carboxylic acids is 1. The average molecular weight is 290 g/mol. The van der Waals surface area contributed by atoms with E-state index >= 15 is 0 Å². The van der Waals surface area contributed by atoms with Gasteiger partial charge in [-0.15, -0.1) is 0 Å². The molecule has 21 heavy (non-hydrogen) atoms. The minimum absolute atomic E-state index is 0.0334. The third kappa shape index (κ3) is 2.30. The molecule has 1 amide bonds. The number of aliphatic carboxylic acids is 1. The molecule has 2 rings (SSSR count). The summed E-state index contributed by atoms with van der Waals surface area (Å²) in [6.45, 7) is 9.37. The minimum Gasteiger partial charge on any atom is -0.481 e. The Labute approximate surface area is 124 Å². The van der Waals surface area contributed by atoms with Crippen molar-refractivity contribution in [3.8, 4) is 0 Å². The number of nitrogens with one attached hydrogen (secondary N) is 1. The van der Waals surface area contributed by atoms with Crippen LogP contribution in [0.15, 0.2) is 28.8 Å². The van der Waals surface area contributed by atoms with Crippen LogP contribution in [0.4, 0.5) is 0 Å². The molecular formula is C16H22N2O3.